The molecule has 2 aromatic rings. The van der Waals surface area contributed by atoms with Gasteiger partial charge in [-0.1, -0.05) is 6.92 Å². The molecule has 0 atom stereocenters. The molecule has 0 saturated heterocycles. The normalized spacial score (nSPS) is 10.3. The number of amides is 1. The Bertz CT molecular complexity index is 596. The molecule has 1 N–H and O–H groups in total. The van der Waals surface area contributed by atoms with Crippen molar-refractivity contribution in [2.24, 2.45) is 0 Å². The monoisotopic (exact) mass is 320 g/mol. The molecule has 22 heavy (non-hydrogen) atoms. The zero-order valence-corrected chi connectivity index (χ0v) is 13.6. The third kappa shape index (κ3) is 5.37. The van der Waals surface area contributed by atoms with Gasteiger partial charge in [-0.15, -0.1) is 11.3 Å². The number of thiazole rings is 1. The van der Waals surface area contributed by atoms with E-state index < -0.39 is 0 Å². The Morgan fingerprint density at radius 3 is 2.50 bits per heavy atom. The molecule has 0 aliphatic heterocycles. The van der Waals surface area contributed by atoms with E-state index in [9.17, 15) is 4.79 Å². The first-order valence-electron chi connectivity index (χ1n) is 7.21. The fraction of sp³-hybridized carbons (Fsp3) is 0.375. The van der Waals surface area contributed by atoms with Gasteiger partial charge in [-0.2, -0.15) is 0 Å². The number of aromatic nitrogens is 1. The highest BCUT2D eigenvalue weighted by molar-refractivity contribution is 7.11. The lowest BCUT2D eigenvalue weighted by Crippen LogP contribution is -2.28. The van der Waals surface area contributed by atoms with Gasteiger partial charge in [0, 0.05) is 11.1 Å². The van der Waals surface area contributed by atoms with E-state index in [1.165, 1.54) is 0 Å². The Hall–Kier alpha value is -2.08. The van der Waals surface area contributed by atoms with Crippen LogP contribution in [0.15, 0.2) is 30.5 Å². The van der Waals surface area contributed by atoms with Gasteiger partial charge < -0.3 is 14.8 Å². The average Bonchev–Trinajstić information content (AvgIpc) is 2.95. The van der Waals surface area contributed by atoms with E-state index in [1.807, 2.05) is 19.1 Å². The highest BCUT2D eigenvalue weighted by Crippen LogP contribution is 2.17. The van der Waals surface area contributed by atoms with Gasteiger partial charge >= 0.3 is 0 Å². The zero-order chi connectivity index (χ0) is 15.8. The Labute approximate surface area is 134 Å². The van der Waals surface area contributed by atoms with Crippen LogP contribution in [0, 0.1) is 6.92 Å². The van der Waals surface area contributed by atoms with Crippen molar-refractivity contribution in [3.63, 3.8) is 0 Å². The molecule has 0 saturated carbocycles. The lowest BCUT2D eigenvalue weighted by atomic mass is 10.3. The third-order valence-corrected chi connectivity index (χ3v) is 3.71. The molecule has 1 aromatic heterocycles. The predicted octanol–water partition coefficient (Wildman–Crippen LogP) is 2.94. The van der Waals surface area contributed by atoms with E-state index in [0.717, 1.165) is 22.1 Å². The number of hydrogen-bond acceptors (Lipinski definition) is 5. The number of ether oxygens (including phenoxy) is 2. The van der Waals surface area contributed by atoms with Crippen molar-refractivity contribution >= 4 is 17.2 Å². The van der Waals surface area contributed by atoms with Gasteiger partial charge in [-0.25, -0.2) is 4.98 Å². The van der Waals surface area contributed by atoms with Crippen LogP contribution < -0.4 is 14.8 Å². The first kappa shape index (κ1) is 16.3. The molecule has 0 spiro atoms. The molecule has 0 fully saturated rings. The van der Waals surface area contributed by atoms with Crippen molar-refractivity contribution in [3.05, 3.63) is 40.3 Å². The summed E-state index contributed by atoms with van der Waals surface area (Å²) < 4.78 is 10.9. The summed E-state index contributed by atoms with van der Waals surface area (Å²) in [4.78, 5) is 16.9. The smallest absolute Gasteiger partial charge is 0.258 e. The molecule has 2 rings (SSSR count). The minimum absolute atomic E-state index is 0.00699. The quantitative estimate of drug-likeness (QED) is 0.812. The van der Waals surface area contributed by atoms with Crippen LogP contribution >= 0.6 is 11.3 Å². The number of benzene rings is 1. The second kappa shape index (κ2) is 8.38. The van der Waals surface area contributed by atoms with E-state index >= 15 is 0 Å². The molecule has 1 aromatic carbocycles. The standard InChI is InChI=1S/C16H20N2O3S/c1-3-8-20-13-4-6-14(7-5-13)21-11-16(19)18-10-15-9-17-12(2)22-15/h4-7,9H,3,8,10-11H2,1-2H3,(H,18,19). The molecular formula is C16H20N2O3S. The lowest BCUT2D eigenvalue weighted by Gasteiger charge is -2.08. The average molecular weight is 320 g/mol. The minimum atomic E-state index is -0.155. The number of rotatable bonds is 8. The Balaban J connectivity index is 1.71. The molecule has 0 aliphatic carbocycles. The number of carbonyl (C=O) groups is 1. The van der Waals surface area contributed by atoms with Gasteiger partial charge in [0.05, 0.1) is 18.2 Å². The number of carbonyl (C=O) groups excluding carboxylic acids is 1. The van der Waals surface area contributed by atoms with Crippen LogP contribution in [0.5, 0.6) is 11.5 Å². The number of hydrogen-bond donors (Lipinski definition) is 1. The minimum Gasteiger partial charge on any atom is -0.494 e. The Morgan fingerprint density at radius 1 is 1.23 bits per heavy atom. The molecule has 6 heteroatoms. The fourth-order valence-electron chi connectivity index (χ4n) is 1.72. The maximum Gasteiger partial charge on any atom is 0.258 e. The van der Waals surface area contributed by atoms with Gasteiger partial charge in [0.15, 0.2) is 6.61 Å². The molecule has 0 radical (unpaired) electrons. The van der Waals surface area contributed by atoms with Crippen LogP contribution in [0.2, 0.25) is 0 Å². The molecule has 5 nitrogen and oxygen atoms in total. The van der Waals surface area contributed by atoms with Gasteiger partial charge in [-0.05, 0) is 37.6 Å². The summed E-state index contributed by atoms with van der Waals surface area (Å²) in [5.41, 5.74) is 0. The molecule has 0 unspecified atom stereocenters. The van der Waals surface area contributed by atoms with E-state index in [4.69, 9.17) is 9.47 Å². The number of aryl methyl sites for hydroxylation is 1. The highest BCUT2D eigenvalue weighted by Gasteiger charge is 2.05. The fourth-order valence-corrected chi connectivity index (χ4v) is 2.46. The van der Waals surface area contributed by atoms with Gasteiger partial charge in [0.1, 0.15) is 11.5 Å². The van der Waals surface area contributed by atoms with Crippen LogP contribution in [0.25, 0.3) is 0 Å². The maximum absolute atomic E-state index is 11.7. The summed E-state index contributed by atoms with van der Waals surface area (Å²) in [5, 5.41) is 3.80. The van der Waals surface area contributed by atoms with Crippen molar-refractivity contribution in [2.75, 3.05) is 13.2 Å². The van der Waals surface area contributed by atoms with Crippen molar-refractivity contribution in [3.8, 4) is 11.5 Å². The number of nitrogens with zero attached hydrogens (tertiary/aromatic N) is 1. The summed E-state index contributed by atoms with van der Waals surface area (Å²) >= 11 is 1.57. The summed E-state index contributed by atoms with van der Waals surface area (Å²) in [5.74, 6) is 1.30. The van der Waals surface area contributed by atoms with Crippen LogP contribution in [-0.4, -0.2) is 24.1 Å². The van der Waals surface area contributed by atoms with Crippen molar-refractivity contribution in [2.45, 2.75) is 26.8 Å². The SMILES string of the molecule is CCCOc1ccc(OCC(=O)NCc2cnc(C)s2)cc1. The first-order valence-corrected chi connectivity index (χ1v) is 8.02. The number of nitrogens with one attached hydrogen (secondary N) is 1. The van der Waals surface area contributed by atoms with Crippen LogP contribution in [-0.2, 0) is 11.3 Å². The van der Waals surface area contributed by atoms with E-state index in [2.05, 4.69) is 17.2 Å². The summed E-state index contributed by atoms with van der Waals surface area (Å²) in [7, 11) is 0. The lowest BCUT2D eigenvalue weighted by molar-refractivity contribution is -0.123. The molecule has 0 bridgehead atoms. The van der Waals surface area contributed by atoms with Crippen molar-refractivity contribution < 1.29 is 14.3 Å². The van der Waals surface area contributed by atoms with Crippen LogP contribution in [0.4, 0.5) is 0 Å². The highest BCUT2D eigenvalue weighted by atomic mass is 32.1. The largest absolute Gasteiger partial charge is 0.494 e. The topological polar surface area (TPSA) is 60.5 Å². The van der Waals surface area contributed by atoms with Crippen molar-refractivity contribution in [1.29, 1.82) is 0 Å². The summed E-state index contributed by atoms with van der Waals surface area (Å²) in [6, 6.07) is 7.27. The second-order valence-electron chi connectivity index (χ2n) is 4.73. The molecule has 0 aliphatic rings. The van der Waals surface area contributed by atoms with Gasteiger partial charge in [0.2, 0.25) is 0 Å². The molecular weight excluding hydrogens is 300 g/mol. The zero-order valence-electron chi connectivity index (χ0n) is 12.8. The summed E-state index contributed by atoms with van der Waals surface area (Å²) in [6.07, 6.45) is 2.74. The van der Waals surface area contributed by atoms with E-state index in [0.29, 0.717) is 18.9 Å². The first-order chi connectivity index (χ1) is 10.7. The molecule has 118 valence electrons. The molecule has 1 amide bonds. The second-order valence-corrected chi connectivity index (χ2v) is 6.05. The van der Waals surface area contributed by atoms with Gasteiger partial charge in [0.25, 0.3) is 5.91 Å². The van der Waals surface area contributed by atoms with Crippen molar-refractivity contribution in [1.82, 2.24) is 10.3 Å². The third-order valence-electron chi connectivity index (χ3n) is 2.80. The maximum atomic E-state index is 11.7. The van der Waals surface area contributed by atoms with Crippen LogP contribution in [0.1, 0.15) is 23.2 Å². The van der Waals surface area contributed by atoms with E-state index in [-0.39, 0.29) is 12.5 Å². The van der Waals surface area contributed by atoms with Gasteiger partial charge in [-0.3, -0.25) is 4.79 Å². The predicted molar refractivity (Wildman–Crippen MR) is 86.4 cm³/mol. The Kier molecular flexibility index (Phi) is 6.21. The Morgan fingerprint density at radius 2 is 1.91 bits per heavy atom. The van der Waals surface area contributed by atoms with E-state index in [1.54, 1.807) is 29.7 Å². The van der Waals surface area contributed by atoms with Crippen LogP contribution in [0.3, 0.4) is 0 Å². The summed E-state index contributed by atoms with van der Waals surface area (Å²) in [6.45, 7) is 5.17. The molecule has 1 heterocycles.